The number of hydrogen-bond donors (Lipinski definition) is 0. The van der Waals surface area contributed by atoms with Crippen molar-refractivity contribution in [2.45, 2.75) is 31.6 Å². The molecule has 92 valence electrons. The molecule has 0 fully saturated rings. The summed E-state index contributed by atoms with van der Waals surface area (Å²) < 4.78 is 2.42. The topological polar surface area (TPSA) is 4.93 Å². The van der Waals surface area contributed by atoms with Crippen LogP contribution < -0.4 is 0 Å². The molecule has 1 aromatic carbocycles. The number of nitrogens with zero attached hydrogens (tertiary/aromatic N) is 1. The first-order valence-electron chi connectivity index (χ1n) is 6.87. The van der Waals surface area contributed by atoms with Crippen molar-refractivity contribution in [1.29, 1.82) is 0 Å². The van der Waals surface area contributed by atoms with Gasteiger partial charge < -0.3 is 4.57 Å². The zero-order valence-electron chi connectivity index (χ0n) is 11.3. The van der Waals surface area contributed by atoms with Crippen molar-refractivity contribution in [1.82, 2.24) is 4.57 Å². The van der Waals surface area contributed by atoms with E-state index in [2.05, 4.69) is 61.9 Å². The van der Waals surface area contributed by atoms with E-state index >= 15 is 0 Å². The van der Waals surface area contributed by atoms with Crippen LogP contribution in [0.1, 0.15) is 37.4 Å². The first kappa shape index (κ1) is 10.4. The van der Waals surface area contributed by atoms with Crippen molar-refractivity contribution >= 4 is 10.9 Å². The highest BCUT2D eigenvalue weighted by Crippen LogP contribution is 2.54. The van der Waals surface area contributed by atoms with E-state index in [0.717, 1.165) is 0 Å². The Morgan fingerprint density at radius 2 is 1.94 bits per heavy atom. The zero-order valence-corrected chi connectivity index (χ0v) is 11.3. The maximum Gasteiger partial charge on any atom is 0.0483 e. The average Bonchev–Trinajstić information content (AvgIpc) is 2.91. The van der Waals surface area contributed by atoms with Gasteiger partial charge >= 0.3 is 0 Å². The van der Waals surface area contributed by atoms with Crippen molar-refractivity contribution in [3.63, 3.8) is 0 Å². The van der Waals surface area contributed by atoms with E-state index in [-0.39, 0.29) is 5.41 Å². The second-order valence-corrected chi connectivity index (χ2v) is 6.39. The van der Waals surface area contributed by atoms with Gasteiger partial charge in [0.2, 0.25) is 0 Å². The lowest BCUT2D eigenvalue weighted by Gasteiger charge is -2.37. The minimum absolute atomic E-state index is 0.264. The minimum atomic E-state index is 0.264. The van der Waals surface area contributed by atoms with Crippen LogP contribution in [-0.2, 0) is 12.5 Å². The van der Waals surface area contributed by atoms with Crippen LogP contribution in [0.5, 0.6) is 0 Å². The standard InChI is InChI=1S/C17H19N/c1-17(2)12-9-8-11(10-12)16-15(17)13-6-4-5-7-14(13)18(16)3/h4-9,11-12H,10H2,1-3H3/t11-,12-/m1/s1. The van der Waals surface area contributed by atoms with Gasteiger partial charge in [0, 0.05) is 29.6 Å². The van der Waals surface area contributed by atoms with Crippen LogP contribution in [0.25, 0.3) is 10.9 Å². The van der Waals surface area contributed by atoms with Crippen LogP contribution >= 0.6 is 0 Å². The van der Waals surface area contributed by atoms with E-state index in [9.17, 15) is 0 Å². The number of benzene rings is 1. The van der Waals surface area contributed by atoms with E-state index in [1.54, 1.807) is 11.3 Å². The van der Waals surface area contributed by atoms with Crippen molar-refractivity contribution in [3.05, 3.63) is 47.7 Å². The smallest absolute Gasteiger partial charge is 0.0483 e. The predicted molar refractivity (Wildman–Crippen MR) is 75.9 cm³/mol. The highest BCUT2D eigenvalue weighted by Gasteiger charge is 2.44. The molecular formula is C17H19N. The molecule has 0 radical (unpaired) electrons. The molecule has 2 atom stereocenters. The van der Waals surface area contributed by atoms with Gasteiger partial charge in [-0.1, -0.05) is 44.2 Å². The summed E-state index contributed by atoms with van der Waals surface area (Å²) in [6, 6.07) is 8.86. The lowest BCUT2D eigenvalue weighted by molar-refractivity contribution is 0.340. The molecule has 0 amide bonds. The molecule has 0 unspecified atom stereocenters. The summed E-state index contributed by atoms with van der Waals surface area (Å²) in [5, 5.41) is 1.46. The summed E-state index contributed by atoms with van der Waals surface area (Å²) in [4.78, 5) is 0. The van der Waals surface area contributed by atoms with Crippen molar-refractivity contribution < 1.29 is 0 Å². The molecule has 1 nitrogen and oxygen atoms in total. The first-order valence-corrected chi connectivity index (χ1v) is 6.87. The molecule has 4 rings (SSSR count). The van der Waals surface area contributed by atoms with Crippen LogP contribution in [0.3, 0.4) is 0 Å². The maximum absolute atomic E-state index is 2.44. The van der Waals surface area contributed by atoms with Crippen molar-refractivity contribution in [2.75, 3.05) is 0 Å². The Kier molecular flexibility index (Phi) is 1.79. The highest BCUT2D eigenvalue weighted by molar-refractivity contribution is 5.87. The average molecular weight is 237 g/mol. The molecule has 0 saturated heterocycles. The molecule has 2 aromatic rings. The summed E-state index contributed by atoms with van der Waals surface area (Å²) >= 11 is 0. The second kappa shape index (κ2) is 3.09. The second-order valence-electron chi connectivity index (χ2n) is 6.39. The molecule has 1 heteroatoms. The van der Waals surface area contributed by atoms with Crippen LogP contribution in [0.2, 0.25) is 0 Å². The Morgan fingerprint density at radius 3 is 2.78 bits per heavy atom. The molecule has 0 saturated carbocycles. The number of aryl methyl sites for hydroxylation is 1. The first-order chi connectivity index (χ1) is 8.60. The molecular weight excluding hydrogens is 218 g/mol. The van der Waals surface area contributed by atoms with Crippen LogP contribution in [0.15, 0.2) is 36.4 Å². The Morgan fingerprint density at radius 1 is 1.17 bits per heavy atom. The quantitative estimate of drug-likeness (QED) is 0.607. The monoisotopic (exact) mass is 237 g/mol. The van der Waals surface area contributed by atoms with Gasteiger partial charge in [-0.05, 0) is 29.4 Å². The Bertz CT molecular complexity index is 672. The summed E-state index contributed by atoms with van der Waals surface area (Å²) in [5.74, 6) is 1.34. The molecule has 1 heterocycles. The molecule has 1 aromatic heterocycles. The summed E-state index contributed by atoms with van der Waals surface area (Å²) in [7, 11) is 2.23. The van der Waals surface area contributed by atoms with Gasteiger partial charge in [0.1, 0.15) is 0 Å². The van der Waals surface area contributed by atoms with Gasteiger partial charge in [-0.25, -0.2) is 0 Å². The van der Waals surface area contributed by atoms with Gasteiger partial charge in [0.05, 0.1) is 0 Å². The fraction of sp³-hybridized carbons (Fsp3) is 0.412. The Balaban J connectivity index is 2.18. The van der Waals surface area contributed by atoms with Gasteiger partial charge in [-0.3, -0.25) is 0 Å². The molecule has 2 aliphatic rings. The maximum atomic E-state index is 2.44. The summed E-state index contributed by atoms with van der Waals surface area (Å²) in [6.07, 6.45) is 6.17. The van der Waals surface area contributed by atoms with Crippen molar-refractivity contribution in [2.24, 2.45) is 13.0 Å². The van der Waals surface area contributed by atoms with Crippen molar-refractivity contribution in [3.8, 4) is 0 Å². The third-order valence-corrected chi connectivity index (χ3v) is 5.16. The molecule has 0 aliphatic heterocycles. The third kappa shape index (κ3) is 1.04. The van der Waals surface area contributed by atoms with Gasteiger partial charge in [-0.15, -0.1) is 0 Å². The lowest BCUT2D eigenvalue weighted by Crippen LogP contribution is -2.31. The third-order valence-electron chi connectivity index (χ3n) is 5.16. The minimum Gasteiger partial charge on any atom is -0.347 e. The van der Waals surface area contributed by atoms with Gasteiger partial charge in [0.15, 0.2) is 0 Å². The fourth-order valence-electron chi connectivity index (χ4n) is 4.15. The summed E-state index contributed by atoms with van der Waals surface area (Å²) in [5.41, 5.74) is 4.79. The molecule has 0 spiro atoms. The molecule has 0 N–H and O–H groups in total. The van der Waals surface area contributed by atoms with Gasteiger partial charge in [0.25, 0.3) is 0 Å². The Hall–Kier alpha value is -1.50. The zero-order chi connectivity index (χ0) is 12.5. The number of fused-ring (bicyclic) bond motifs is 6. The highest BCUT2D eigenvalue weighted by atomic mass is 15.0. The fourth-order valence-corrected chi connectivity index (χ4v) is 4.15. The van der Waals surface area contributed by atoms with Crippen LogP contribution in [0.4, 0.5) is 0 Å². The Labute approximate surface area is 108 Å². The SMILES string of the molecule is Cn1c2c(c3ccccc31)C(C)(C)[C@@H]1C=C[C@@H]2C1. The number of aromatic nitrogens is 1. The summed E-state index contributed by atoms with van der Waals surface area (Å²) in [6.45, 7) is 4.82. The number of rotatable bonds is 0. The molecule has 18 heavy (non-hydrogen) atoms. The van der Waals surface area contributed by atoms with E-state index in [1.165, 1.54) is 17.3 Å². The number of hydrogen-bond acceptors (Lipinski definition) is 0. The molecule has 2 aliphatic carbocycles. The largest absolute Gasteiger partial charge is 0.347 e. The number of allylic oxidation sites excluding steroid dienone is 2. The van der Waals surface area contributed by atoms with E-state index in [1.807, 2.05) is 0 Å². The van der Waals surface area contributed by atoms with E-state index in [0.29, 0.717) is 11.8 Å². The number of para-hydroxylation sites is 1. The van der Waals surface area contributed by atoms with Gasteiger partial charge in [-0.2, -0.15) is 0 Å². The van der Waals surface area contributed by atoms with E-state index < -0.39 is 0 Å². The molecule has 2 bridgehead atoms. The van der Waals surface area contributed by atoms with Crippen LogP contribution in [0, 0.1) is 5.92 Å². The van der Waals surface area contributed by atoms with E-state index in [4.69, 9.17) is 0 Å². The predicted octanol–water partition coefficient (Wildman–Crippen LogP) is 4.13. The normalized spacial score (nSPS) is 27.7. The lowest BCUT2D eigenvalue weighted by atomic mass is 9.67. The van der Waals surface area contributed by atoms with Crippen LogP contribution in [-0.4, -0.2) is 4.57 Å².